The van der Waals surface area contributed by atoms with Crippen LogP contribution in [0.4, 0.5) is 17.1 Å². The van der Waals surface area contributed by atoms with Crippen molar-refractivity contribution < 1.29 is 21.6 Å². The van der Waals surface area contributed by atoms with Crippen LogP contribution in [-0.4, -0.2) is 27.7 Å². The first-order chi connectivity index (χ1) is 17.9. The van der Waals surface area contributed by atoms with Gasteiger partial charge in [-0.2, -0.15) is 0 Å². The molecule has 0 atom stereocenters. The zero-order valence-electron chi connectivity index (χ0n) is 20.3. The van der Waals surface area contributed by atoms with Gasteiger partial charge in [0.05, 0.1) is 21.8 Å². The molecule has 3 N–H and O–H groups in total. The van der Waals surface area contributed by atoms with Crippen LogP contribution >= 0.6 is 11.6 Å². The lowest BCUT2D eigenvalue weighted by atomic mass is 10.1. The zero-order chi connectivity index (χ0) is 27.5. The summed E-state index contributed by atoms with van der Waals surface area (Å²) in [5.74, 6) is -0.603. The molecule has 0 fully saturated rings. The van der Waals surface area contributed by atoms with Gasteiger partial charge in [-0.15, -0.1) is 0 Å². The Labute approximate surface area is 226 Å². The Bertz CT molecular complexity index is 1710. The van der Waals surface area contributed by atoms with E-state index in [2.05, 4.69) is 19.7 Å². The zero-order valence-corrected chi connectivity index (χ0v) is 22.7. The molecule has 4 rings (SSSR count). The van der Waals surface area contributed by atoms with E-state index in [1.54, 1.807) is 30.3 Å². The van der Waals surface area contributed by atoms with E-state index < -0.39 is 26.0 Å². The standard InChI is InChI=1S/C26H23ClN4O5S2/c1-17-5-7-21(14-18(17)2)30-38(35,36)25-15-19(6-12-24(25)27)26(32)29-20-8-10-23(11-9-20)37(33,34)31-22-4-3-13-28-16-22/h3-16,30-31H,1-2H3,(H,29,32). The predicted molar refractivity (Wildman–Crippen MR) is 148 cm³/mol. The smallest absolute Gasteiger partial charge is 0.263 e. The molecule has 9 nitrogen and oxygen atoms in total. The highest BCUT2D eigenvalue weighted by Gasteiger charge is 2.21. The lowest BCUT2D eigenvalue weighted by Gasteiger charge is -2.13. The fraction of sp³-hybridized carbons (Fsp3) is 0.0769. The molecule has 1 aromatic heterocycles. The number of rotatable bonds is 8. The largest absolute Gasteiger partial charge is 0.322 e. The molecule has 12 heteroatoms. The molecule has 196 valence electrons. The maximum Gasteiger partial charge on any atom is 0.263 e. The van der Waals surface area contributed by atoms with Crippen LogP contribution in [-0.2, 0) is 20.0 Å². The highest BCUT2D eigenvalue weighted by Crippen LogP contribution is 2.26. The van der Waals surface area contributed by atoms with Crippen LogP contribution in [0.2, 0.25) is 5.02 Å². The van der Waals surface area contributed by atoms with Gasteiger partial charge in [-0.05, 0) is 91.7 Å². The number of aromatic nitrogens is 1. The minimum absolute atomic E-state index is 0.0170. The molecule has 0 aliphatic carbocycles. The van der Waals surface area contributed by atoms with Crippen LogP contribution in [0.15, 0.2) is 95.0 Å². The summed E-state index contributed by atoms with van der Waals surface area (Å²) in [6.45, 7) is 3.78. The van der Waals surface area contributed by atoms with Crippen molar-refractivity contribution in [3.8, 4) is 0 Å². The molecule has 3 aromatic carbocycles. The summed E-state index contributed by atoms with van der Waals surface area (Å²) in [7, 11) is -7.95. The first-order valence-corrected chi connectivity index (χ1v) is 14.5. The van der Waals surface area contributed by atoms with Gasteiger partial charge < -0.3 is 5.32 Å². The number of nitrogens with one attached hydrogen (secondary N) is 3. The van der Waals surface area contributed by atoms with Crippen molar-refractivity contribution in [1.82, 2.24) is 4.98 Å². The van der Waals surface area contributed by atoms with Gasteiger partial charge in [-0.3, -0.25) is 19.2 Å². The number of hydrogen-bond donors (Lipinski definition) is 3. The van der Waals surface area contributed by atoms with Gasteiger partial charge in [0.15, 0.2) is 0 Å². The van der Waals surface area contributed by atoms with E-state index in [0.29, 0.717) is 17.1 Å². The fourth-order valence-corrected chi connectivity index (χ4v) is 6.04. The Morgan fingerprint density at radius 1 is 0.763 bits per heavy atom. The average molecular weight is 571 g/mol. The minimum Gasteiger partial charge on any atom is -0.322 e. The lowest BCUT2D eigenvalue weighted by molar-refractivity contribution is 0.102. The van der Waals surface area contributed by atoms with Crippen molar-refractivity contribution in [1.29, 1.82) is 0 Å². The summed E-state index contributed by atoms with van der Waals surface area (Å²) >= 11 is 6.17. The van der Waals surface area contributed by atoms with Gasteiger partial charge in [0, 0.05) is 23.1 Å². The molecule has 0 aliphatic heterocycles. The van der Waals surface area contributed by atoms with Crippen molar-refractivity contribution in [2.24, 2.45) is 0 Å². The SMILES string of the molecule is Cc1ccc(NS(=O)(=O)c2cc(C(=O)Nc3ccc(S(=O)(=O)Nc4cccnc4)cc3)ccc2Cl)cc1C. The van der Waals surface area contributed by atoms with Crippen LogP contribution in [0, 0.1) is 13.8 Å². The Kier molecular flexibility index (Phi) is 7.72. The number of anilines is 3. The molecule has 0 saturated carbocycles. The topological polar surface area (TPSA) is 134 Å². The van der Waals surface area contributed by atoms with Crippen molar-refractivity contribution in [2.75, 3.05) is 14.8 Å². The van der Waals surface area contributed by atoms with Crippen LogP contribution in [0.3, 0.4) is 0 Å². The highest BCUT2D eigenvalue weighted by molar-refractivity contribution is 7.93. The second-order valence-corrected chi connectivity index (χ2v) is 12.1. The van der Waals surface area contributed by atoms with E-state index in [0.717, 1.165) is 11.1 Å². The van der Waals surface area contributed by atoms with Gasteiger partial charge in [-0.25, -0.2) is 16.8 Å². The summed E-state index contributed by atoms with van der Waals surface area (Å²) < 4.78 is 56.1. The fourth-order valence-electron chi connectivity index (χ4n) is 3.42. The molecule has 0 radical (unpaired) electrons. The van der Waals surface area contributed by atoms with Crippen molar-refractivity contribution in [3.05, 3.63) is 107 Å². The summed E-state index contributed by atoms with van der Waals surface area (Å²) in [5.41, 5.74) is 2.96. The summed E-state index contributed by atoms with van der Waals surface area (Å²) in [6, 6.07) is 17.7. The molecule has 1 heterocycles. The van der Waals surface area contributed by atoms with E-state index in [9.17, 15) is 21.6 Å². The highest BCUT2D eigenvalue weighted by atomic mass is 35.5. The maximum absolute atomic E-state index is 13.0. The molecule has 0 saturated heterocycles. The molecule has 1 amide bonds. The van der Waals surface area contributed by atoms with Crippen molar-refractivity contribution in [3.63, 3.8) is 0 Å². The van der Waals surface area contributed by atoms with E-state index in [-0.39, 0.29) is 20.4 Å². The van der Waals surface area contributed by atoms with E-state index in [1.807, 2.05) is 13.8 Å². The monoisotopic (exact) mass is 570 g/mol. The van der Waals surface area contributed by atoms with Crippen LogP contribution < -0.4 is 14.8 Å². The predicted octanol–water partition coefficient (Wildman–Crippen LogP) is 5.21. The normalized spacial score (nSPS) is 11.6. The first kappa shape index (κ1) is 27.1. The van der Waals surface area contributed by atoms with E-state index in [4.69, 9.17) is 11.6 Å². The van der Waals surface area contributed by atoms with Gasteiger partial charge in [0.1, 0.15) is 4.90 Å². The number of nitrogens with zero attached hydrogens (tertiary/aromatic N) is 1. The van der Waals surface area contributed by atoms with E-state index in [1.165, 1.54) is 54.9 Å². The average Bonchev–Trinajstić information content (AvgIpc) is 2.87. The Balaban J connectivity index is 1.50. The van der Waals surface area contributed by atoms with Gasteiger partial charge >= 0.3 is 0 Å². The quantitative estimate of drug-likeness (QED) is 0.266. The third-order valence-corrected chi connectivity index (χ3v) is 8.84. The minimum atomic E-state index is -4.09. The molecule has 0 aliphatic rings. The lowest BCUT2D eigenvalue weighted by Crippen LogP contribution is -2.17. The Morgan fingerprint density at radius 3 is 2.11 bits per heavy atom. The number of carbonyl (C=O) groups is 1. The number of amides is 1. The number of carbonyl (C=O) groups excluding carboxylic acids is 1. The van der Waals surface area contributed by atoms with Crippen LogP contribution in [0.25, 0.3) is 0 Å². The van der Waals surface area contributed by atoms with E-state index >= 15 is 0 Å². The number of halogens is 1. The molecule has 0 spiro atoms. The maximum atomic E-state index is 13.0. The van der Waals surface area contributed by atoms with Gasteiger partial charge in [0.2, 0.25) is 0 Å². The molecule has 0 bridgehead atoms. The molecule has 0 unspecified atom stereocenters. The third-order valence-electron chi connectivity index (χ3n) is 5.58. The molecular formula is C26H23ClN4O5S2. The van der Waals surface area contributed by atoms with Crippen LogP contribution in [0.1, 0.15) is 21.5 Å². The second kappa shape index (κ2) is 10.8. The van der Waals surface area contributed by atoms with Crippen LogP contribution in [0.5, 0.6) is 0 Å². The second-order valence-electron chi connectivity index (χ2n) is 8.38. The third kappa shape index (κ3) is 6.31. The summed E-state index contributed by atoms with van der Waals surface area (Å²) in [5, 5.41) is 2.58. The number of sulfonamides is 2. The van der Waals surface area contributed by atoms with Gasteiger partial charge in [-0.1, -0.05) is 17.7 Å². The Hall–Kier alpha value is -3.93. The summed E-state index contributed by atoms with van der Waals surface area (Å²) in [6.07, 6.45) is 2.90. The number of pyridine rings is 1. The number of hydrogen-bond acceptors (Lipinski definition) is 6. The summed E-state index contributed by atoms with van der Waals surface area (Å²) in [4.78, 5) is 16.5. The van der Waals surface area contributed by atoms with Gasteiger partial charge in [0.25, 0.3) is 26.0 Å². The number of aryl methyl sites for hydroxylation is 2. The first-order valence-electron chi connectivity index (χ1n) is 11.2. The molecule has 38 heavy (non-hydrogen) atoms. The van der Waals surface area contributed by atoms with Crippen molar-refractivity contribution in [2.45, 2.75) is 23.6 Å². The Morgan fingerprint density at radius 2 is 1.45 bits per heavy atom. The number of benzene rings is 3. The molecular weight excluding hydrogens is 548 g/mol. The van der Waals surface area contributed by atoms with Crippen molar-refractivity contribution >= 4 is 54.6 Å². The molecule has 4 aromatic rings.